The molecule has 0 saturated carbocycles. The Morgan fingerprint density at radius 3 is 2.17 bits per heavy atom. The molecule has 0 aliphatic heterocycles. The summed E-state index contributed by atoms with van der Waals surface area (Å²) in [7, 11) is 0. The molecule has 0 fully saturated rings. The van der Waals surface area contributed by atoms with Crippen molar-refractivity contribution < 1.29 is 15.0 Å². The van der Waals surface area contributed by atoms with Crippen molar-refractivity contribution in [3.63, 3.8) is 0 Å². The molecule has 0 aromatic carbocycles. The first-order valence-corrected chi connectivity index (χ1v) is 3.69. The lowest BCUT2D eigenvalue weighted by atomic mass is 10.3. The first-order valence-electron chi connectivity index (χ1n) is 3.69. The van der Waals surface area contributed by atoms with E-state index in [-0.39, 0.29) is 38.6 Å². The van der Waals surface area contributed by atoms with E-state index in [4.69, 9.17) is 16.6 Å². The lowest BCUT2D eigenvalue weighted by molar-refractivity contribution is -0.131. The first-order chi connectivity index (χ1) is 5.76. The Kier molecular flexibility index (Phi) is 6.07. The van der Waals surface area contributed by atoms with Gasteiger partial charge in [0.1, 0.15) is 0 Å². The molecule has 2 N–H and O–H groups in total. The van der Waals surface area contributed by atoms with Crippen molar-refractivity contribution >= 4 is 5.91 Å². The summed E-state index contributed by atoms with van der Waals surface area (Å²) in [5.74, 6) is 1.97. The molecule has 0 rings (SSSR count). The number of aliphatic hydroxyl groups is 2. The zero-order valence-electron chi connectivity index (χ0n) is 6.86. The summed E-state index contributed by atoms with van der Waals surface area (Å²) in [6, 6.07) is 0. The zero-order valence-corrected chi connectivity index (χ0v) is 6.86. The van der Waals surface area contributed by atoms with Crippen molar-refractivity contribution in [2.24, 2.45) is 0 Å². The zero-order chi connectivity index (χ0) is 9.40. The van der Waals surface area contributed by atoms with Crippen LogP contribution in [0.3, 0.4) is 0 Å². The number of aliphatic hydroxyl groups excluding tert-OH is 2. The van der Waals surface area contributed by atoms with Crippen LogP contribution in [0.2, 0.25) is 0 Å². The van der Waals surface area contributed by atoms with Gasteiger partial charge in [-0.05, 0) is 0 Å². The van der Waals surface area contributed by atoms with Crippen LogP contribution in [-0.2, 0) is 4.79 Å². The quantitative estimate of drug-likeness (QED) is 0.512. The predicted octanol–water partition coefficient (Wildman–Crippen LogP) is -1.18. The van der Waals surface area contributed by atoms with Gasteiger partial charge in [0.25, 0.3) is 0 Å². The Bertz CT molecular complexity index is 168. The molecule has 0 aromatic rings. The summed E-state index contributed by atoms with van der Waals surface area (Å²) in [4.78, 5) is 12.4. The van der Waals surface area contributed by atoms with Crippen molar-refractivity contribution in [2.75, 3.05) is 26.3 Å². The molecule has 4 heteroatoms. The highest BCUT2D eigenvalue weighted by molar-refractivity contribution is 5.78. The number of carbonyl (C=O) groups is 1. The van der Waals surface area contributed by atoms with Crippen molar-refractivity contribution in [2.45, 2.75) is 6.42 Å². The second-order valence-corrected chi connectivity index (χ2v) is 2.21. The minimum Gasteiger partial charge on any atom is -0.395 e. The van der Waals surface area contributed by atoms with Crippen molar-refractivity contribution in [1.29, 1.82) is 0 Å². The molecule has 0 aliphatic rings. The third-order valence-electron chi connectivity index (χ3n) is 1.35. The smallest absolute Gasteiger partial charge is 0.234 e. The maximum absolute atomic E-state index is 11.1. The number of hydrogen-bond acceptors (Lipinski definition) is 3. The van der Waals surface area contributed by atoms with Crippen molar-refractivity contribution in [3.8, 4) is 12.3 Å². The standard InChI is InChI=1S/C8H13NO3/c1-2-3-8(12)9(4-6-10)5-7-11/h1,10-11H,3-7H2. The Hall–Kier alpha value is -1.05. The van der Waals surface area contributed by atoms with E-state index in [0.29, 0.717) is 0 Å². The summed E-state index contributed by atoms with van der Waals surface area (Å²) in [6.07, 6.45) is 4.95. The number of terminal acetylenes is 1. The van der Waals surface area contributed by atoms with Crippen LogP contribution in [-0.4, -0.2) is 47.3 Å². The molecule has 4 nitrogen and oxygen atoms in total. The maximum atomic E-state index is 11.1. The second-order valence-electron chi connectivity index (χ2n) is 2.21. The number of rotatable bonds is 5. The molecular weight excluding hydrogens is 158 g/mol. The summed E-state index contributed by atoms with van der Waals surface area (Å²) >= 11 is 0. The molecule has 0 heterocycles. The molecule has 0 spiro atoms. The lowest BCUT2D eigenvalue weighted by Crippen LogP contribution is -2.35. The molecule has 0 radical (unpaired) electrons. The Morgan fingerprint density at radius 1 is 1.33 bits per heavy atom. The minimum atomic E-state index is -0.236. The summed E-state index contributed by atoms with van der Waals surface area (Å²) < 4.78 is 0. The molecule has 1 amide bonds. The molecular formula is C8H13NO3. The van der Waals surface area contributed by atoms with Crippen molar-refractivity contribution in [3.05, 3.63) is 0 Å². The number of amides is 1. The topological polar surface area (TPSA) is 60.8 Å². The van der Waals surface area contributed by atoms with Gasteiger partial charge >= 0.3 is 0 Å². The maximum Gasteiger partial charge on any atom is 0.234 e. The monoisotopic (exact) mass is 171 g/mol. The van der Waals surface area contributed by atoms with E-state index in [9.17, 15) is 4.79 Å². The molecule has 12 heavy (non-hydrogen) atoms. The van der Waals surface area contributed by atoms with Crippen LogP contribution < -0.4 is 0 Å². The van der Waals surface area contributed by atoms with Crippen LogP contribution >= 0.6 is 0 Å². The van der Waals surface area contributed by atoms with E-state index in [0.717, 1.165) is 0 Å². The number of nitrogens with zero attached hydrogens (tertiary/aromatic N) is 1. The molecule has 0 aromatic heterocycles. The van der Waals surface area contributed by atoms with Crippen LogP contribution in [0.15, 0.2) is 0 Å². The van der Waals surface area contributed by atoms with Crippen LogP contribution in [0.5, 0.6) is 0 Å². The third-order valence-corrected chi connectivity index (χ3v) is 1.35. The molecule has 0 saturated heterocycles. The fourth-order valence-electron chi connectivity index (χ4n) is 0.802. The van der Waals surface area contributed by atoms with Gasteiger partial charge in [-0.2, -0.15) is 0 Å². The van der Waals surface area contributed by atoms with Gasteiger partial charge in [-0.1, -0.05) is 5.92 Å². The first kappa shape index (κ1) is 11.0. The van der Waals surface area contributed by atoms with Crippen LogP contribution in [0, 0.1) is 12.3 Å². The highest BCUT2D eigenvalue weighted by atomic mass is 16.3. The van der Waals surface area contributed by atoms with Crippen LogP contribution in [0.4, 0.5) is 0 Å². The number of hydrogen-bond donors (Lipinski definition) is 2. The van der Waals surface area contributed by atoms with Gasteiger partial charge in [0.2, 0.25) is 5.91 Å². The van der Waals surface area contributed by atoms with E-state index in [1.54, 1.807) is 0 Å². The van der Waals surface area contributed by atoms with Gasteiger partial charge in [0, 0.05) is 13.1 Å². The van der Waals surface area contributed by atoms with E-state index < -0.39 is 0 Å². The largest absolute Gasteiger partial charge is 0.395 e. The van der Waals surface area contributed by atoms with Gasteiger partial charge < -0.3 is 15.1 Å². The molecule has 0 unspecified atom stereocenters. The molecule has 0 atom stereocenters. The van der Waals surface area contributed by atoms with Gasteiger partial charge in [-0.25, -0.2) is 0 Å². The fourth-order valence-corrected chi connectivity index (χ4v) is 0.802. The number of carbonyl (C=O) groups excluding carboxylic acids is 1. The normalized spacial score (nSPS) is 9.08. The third kappa shape index (κ3) is 3.96. The molecule has 0 aliphatic carbocycles. The summed E-state index contributed by atoms with van der Waals surface area (Å²) in [6.45, 7) is 0.217. The fraction of sp³-hybridized carbons (Fsp3) is 0.625. The Morgan fingerprint density at radius 2 is 1.83 bits per heavy atom. The SMILES string of the molecule is C#CCC(=O)N(CCO)CCO. The van der Waals surface area contributed by atoms with Gasteiger partial charge in [-0.3, -0.25) is 4.79 Å². The Balaban J connectivity index is 3.92. The van der Waals surface area contributed by atoms with Crippen LogP contribution in [0.25, 0.3) is 0 Å². The highest BCUT2D eigenvalue weighted by Crippen LogP contribution is 1.92. The minimum absolute atomic E-state index is 0.0139. The van der Waals surface area contributed by atoms with Gasteiger partial charge in [0.05, 0.1) is 19.6 Å². The molecule has 0 bridgehead atoms. The second kappa shape index (κ2) is 6.65. The van der Waals surface area contributed by atoms with Gasteiger partial charge in [-0.15, -0.1) is 6.42 Å². The average Bonchev–Trinajstić information content (AvgIpc) is 2.04. The summed E-state index contributed by atoms with van der Waals surface area (Å²) in [5, 5.41) is 17.1. The van der Waals surface area contributed by atoms with Crippen LogP contribution in [0.1, 0.15) is 6.42 Å². The van der Waals surface area contributed by atoms with E-state index in [1.807, 2.05) is 0 Å². The predicted molar refractivity (Wildman–Crippen MR) is 44.2 cm³/mol. The van der Waals surface area contributed by atoms with E-state index in [2.05, 4.69) is 5.92 Å². The lowest BCUT2D eigenvalue weighted by Gasteiger charge is -2.19. The summed E-state index contributed by atoms with van der Waals surface area (Å²) in [5.41, 5.74) is 0. The van der Waals surface area contributed by atoms with Gasteiger partial charge in [0.15, 0.2) is 0 Å². The highest BCUT2D eigenvalue weighted by Gasteiger charge is 2.09. The average molecular weight is 171 g/mol. The van der Waals surface area contributed by atoms with E-state index >= 15 is 0 Å². The van der Waals surface area contributed by atoms with Crippen molar-refractivity contribution in [1.82, 2.24) is 4.90 Å². The molecule has 68 valence electrons. The Labute approximate surface area is 71.8 Å². The van der Waals surface area contributed by atoms with E-state index in [1.165, 1.54) is 4.90 Å².